The van der Waals surface area contributed by atoms with Gasteiger partial charge in [-0.1, -0.05) is 35.9 Å². The van der Waals surface area contributed by atoms with Crippen molar-refractivity contribution in [2.45, 2.75) is 13.3 Å². The maximum absolute atomic E-state index is 11.8. The zero-order chi connectivity index (χ0) is 12.8. The van der Waals surface area contributed by atoms with Gasteiger partial charge in [-0.05, 0) is 37.6 Å². The lowest BCUT2D eigenvalue weighted by atomic mass is 10.2. The number of nitrogens with one attached hydrogen (secondary N) is 2. The summed E-state index contributed by atoms with van der Waals surface area (Å²) in [6.45, 7) is 2.06. The fourth-order valence-corrected chi connectivity index (χ4v) is 1.63. The van der Waals surface area contributed by atoms with Crippen LogP contribution in [-0.2, 0) is 0 Å². The first-order chi connectivity index (χ1) is 8.74. The maximum atomic E-state index is 11.8. The molecule has 1 aliphatic rings. The van der Waals surface area contributed by atoms with Crippen molar-refractivity contribution in [1.29, 1.82) is 0 Å². The van der Waals surface area contributed by atoms with Crippen molar-refractivity contribution in [1.82, 2.24) is 5.32 Å². The summed E-state index contributed by atoms with van der Waals surface area (Å²) >= 11 is 0. The molecule has 0 aliphatic heterocycles. The van der Waals surface area contributed by atoms with Crippen molar-refractivity contribution in [2.75, 3.05) is 5.32 Å². The van der Waals surface area contributed by atoms with Gasteiger partial charge in [-0.25, -0.2) is 4.79 Å². The molecule has 3 heteroatoms. The van der Waals surface area contributed by atoms with Gasteiger partial charge in [-0.2, -0.15) is 0 Å². The number of carbonyl (C=O) groups excluding carboxylic acids is 1. The first kappa shape index (κ1) is 12.2. The Labute approximate surface area is 107 Å². The lowest BCUT2D eigenvalue weighted by Crippen LogP contribution is -2.27. The van der Waals surface area contributed by atoms with E-state index in [4.69, 9.17) is 0 Å². The Balaban J connectivity index is 1.96. The largest absolute Gasteiger partial charge is 0.323 e. The quantitative estimate of drug-likeness (QED) is 0.814. The van der Waals surface area contributed by atoms with Crippen molar-refractivity contribution in [3.8, 4) is 0 Å². The van der Waals surface area contributed by atoms with Crippen molar-refractivity contribution in [2.24, 2.45) is 0 Å². The highest BCUT2D eigenvalue weighted by Gasteiger charge is 2.03. The van der Waals surface area contributed by atoms with Crippen LogP contribution in [0.1, 0.15) is 13.3 Å². The Morgan fingerprint density at radius 3 is 2.67 bits per heavy atom. The minimum absolute atomic E-state index is 0.231. The third kappa shape index (κ3) is 3.63. The normalized spacial score (nSPS) is 14.3. The molecule has 0 unspecified atom stereocenters. The standard InChI is InChI=1S/C15H16N2O/c1-12-6-5-9-14(11-10-12)17-15(18)16-13-7-3-2-4-8-13/h2-5,7-11H,6H2,1H3,(H2,16,17,18). The van der Waals surface area contributed by atoms with E-state index < -0.39 is 0 Å². The van der Waals surface area contributed by atoms with Crippen LogP contribution in [0.4, 0.5) is 10.5 Å². The van der Waals surface area contributed by atoms with Crippen molar-refractivity contribution in [3.63, 3.8) is 0 Å². The summed E-state index contributed by atoms with van der Waals surface area (Å²) in [5, 5.41) is 5.58. The molecular weight excluding hydrogens is 224 g/mol. The summed E-state index contributed by atoms with van der Waals surface area (Å²) in [6.07, 6.45) is 8.79. The smallest absolute Gasteiger partial charge is 0.308 e. The summed E-state index contributed by atoms with van der Waals surface area (Å²) in [6, 6.07) is 9.14. The first-order valence-corrected chi connectivity index (χ1v) is 5.91. The molecule has 0 fully saturated rings. The number of hydrogen-bond donors (Lipinski definition) is 2. The van der Waals surface area contributed by atoms with Gasteiger partial charge in [0.25, 0.3) is 0 Å². The van der Waals surface area contributed by atoms with Crippen molar-refractivity contribution < 1.29 is 4.79 Å². The van der Waals surface area contributed by atoms with E-state index in [0.717, 1.165) is 17.8 Å². The molecule has 0 spiro atoms. The lowest BCUT2D eigenvalue weighted by molar-refractivity contribution is 0.254. The van der Waals surface area contributed by atoms with Crippen LogP contribution in [0, 0.1) is 0 Å². The Kier molecular flexibility index (Phi) is 3.97. The molecule has 18 heavy (non-hydrogen) atoms. The number of anilines is 1. The fraction of sp³-hybridized carbons (Fsp3) is 0.133. The molecule has 3 nitrogen and oxygen atoms in total. The molecule has 0 aromatic heterocycles. The molecule has 2 amide bonds. The lowest BCUT2D eigenvalue weighted by Gasteiger charge is -2.07. The zero-order valence-corrected chi connectivity index (χ0v) is 10.3. The highest BCUT2D eigenvalue weighted by Crippen LogP contribution is 2.09. The summed E-state index contributed by atoms with van der Waals surface area (Å²) in [7, 11) is 0. The number of carbonyl (C=O) groups is 1. The van der Waals surface area contributed by atoms with E-state index in [0.29, 0.717) is 0 Å². The topological polar surface area (TPSA) is 41.1 Å². The molecule has 0 bridgehead atoms. The van der Waals surface area contributed by atoms with Gasteiger partial charge < -0.3 is 10.6 Å². The Bertz CT molecular complexity index is 513. The van der Waals surface area contributed by atoms with E-state index in [9.17, 15) is 4.79 Å². The third-order valence-electron chi connectivity index (χ3n) is 2.57. The molecule has 0 heterocycles. The molecule has 1 aromatic carbocycles. The van der Waals surface area contributed by atoms with Gasteiger partial charge in [-0.3, -0.25) is 0 Å². The second kappa shape index (κ2) is 5.87. The van der Waals surface area contributed by atoms with E-state index >= 15 is 0 Å². The van der Waals surface area contributed by atoms with E-state index in [2.05, 4.69) is 17.6 Å². The Hall–Kier alpha value is -2.29. The number of urea groups is 1. The number of allylic oxidation sites excluding steroid dienone is 5. The van der Waals surface area contributed by atoms with Gasteiger partial charge in [0.2, 0.25) is 0 Å². The van der Waals surface area contributed by atoms with E-state index in [-0.39, 0.29) is 6.03 Å². The van der Waals surface area contributed by atoms with Crippen molar-refractivity contribution >= 4 is 11.7 Å². The maximum Gasteiger partial charge on any atom is 0.323 e. The molecule has 0 saturated carbocycles. The van der Waals surface area contributed by atoms with Gasteiger partial charge in [0.15, 0.2) is 0 Å². The Morgan fingerprint density at radius 1 is 1.11 bits per heavy atom. The number of rotatable bonds is 2. The Morgan fingerprint density at radius 2 is 1.89 bits per heavy atom. The fourth-order valence-electron chi connectivity index (χ4n) is 1.63. The third-order valence-corrected chi connectivity index (χ3v) is 2.57. The van der Waals surface area contributed by atoms with Crippen LogP contribution < -0.4 is 10.6 Å². The second-order valence-corrected chi connectivity index (χ2v) is 4.19. The van der Waals surface area contributed by atoms with Gasteiger partial charge >= 0.3 is 6.03 Å². The number of benzene rings is 1. The molecule has 2 rings (SSSR count). The second-order valence-electron chi connectivity index (χ2n) is 4.19. The average molecular weight is 240 g/mol. The molecule has 2 N–H and O–H groups in total. The van der Waals surface area contributed by atoms with Crippen molar-refractivity contribution in [3.05, 3.63) is 65.9 Å². The van der Waals surface area contributed by atoms with Crippen LogP contribution in [0.15, 0.2) is 65.9 Å². The van der Waals surface area contributed by atoms with Gasteiger partial charge in [0.05, 0.1) is 0 Å². The highest BCUT2D eigenvalue weighted by atomic mass is 16.2. The van der Waals surface area contributed by atoms with E-state index in [1.165, 1.54) is 5.57 Å². The molecule has 0 saturated heterocycles. The summed E-state index contributed by atoms with van der Waals surface area (Å²) in [5.41, 5.74) is 2.84. The van der Waals surface area contributed by atoms with Gasteiger partial charge in [0.1, 0.15) is 0 Å². The molecule has 92 valence electrons. The van der Waals surface area contributed by atoms with Crippen LogP contribution in [0.3, 0.4) is 0 Å². The minimum atomic E-state index is -0.231. The predicted octanol–water partition coefficient (Wildman–Crippen LogP) is 3.60. The number of para-hydroxylation sites is 1. The summed E-state index contributed by atoms with van der Waals surface area (Å²) in [4.78, 5) is 11.8. The van der Waals surface area contributed by atoms with Crippen LogP contribution in [0.2, 0.25) is 0 Å². The average Bonchev–Trinajstić information content (AvgIpc) is 2.56. The molecule has 0 radical (unpaired) electrons. The van der Waals surface area contributed by atoms with Gasteiger partial charge in [0, 0.05) is 11.4 Å². The van der Waals surface area contributed by atoms with Crippen LogP contribution in [-0.4, -0.2) is 6.03 Å². The SMILES string of the molecule is CC1=CC=C(NC(=O)Nc2ccccc2)C=CC1. The monoisotopic (exact) mass is 240 g/mol. The highest BCUT2D eigenvalue weighted by molar-refractivity contribution is 5.90. The molecule has 0 atom stereocenters. The summed E-state index contributed by atoms with van der Waals surface area (Å²) in [5.74, 6) is 0. The predicted molar refractivity (Wildman–Crippen MR) is 74.2 cm³/mol. The molecule has 1 aliphatic carbocycles. The van der Waals surface area contributed by atoms with Gasteiger partial charge in [-0.15, -0.1) is 0 Å². The number of amides is 2. The van der Waals surface area contributed by atoms with E-state index in [1.54, 1.807) is 0 Å². The zero-order valence-electron chi connectivity index (χ0n) is 10.3. The first-order valence-electron chi connectivity index (χ1n) is 5.91. The minimum Gasteiger partial charge on any atom is -0.308 e. The van der Waals surface area contributed by atoms with Crippen LogP contribution in [0.5, 0.6) is 0 Å². The molecular formula is C15H16N2O. The summed E-state index contributed by atoms with van der Waals surface area (Å²) < 4.78 is 0. The van der Waals surface area contributed by atoms with Crippen LogP contribution >= 0.6 is 0 Å². The van der Waals surface area contributed by atoms with Crippen LogP contribution in [0.25, 0.3) is 0 Å². The molecule has 1 aromatic rings. The number of hydrogen-bond acceptors (Lipinski definition) is 1. The van der Waals surface area contributed by atoms with E-state index in [1.807, 2.05) is 54.6 Å².